The molecular formula is C18H15NOS. The highest BCUT2D eigenvalue weighted by Crippen LogP contribution is 2.49. The van der Waals surface area contributed by atoms with Crippen LogP contribution in [0.25, 0.3) is 10.2 Å². The number of thiazole rings is 1. The lowest BCUT2D eigenvalue weighted by Crippen LogP contribution is -2.22. The lowest BCUT2D eigenvalue weighted by atomic mass is 9.90. The summed E-state index contributed by atoms with van der Waals surface area (Å²) in [6, 6.07) is 18.2. The molecule has 0 atom stereocenters. The van der Waals surface area contributed by atoms with Gasteiger partial charge in [-0.2, -0.15) is 0 Å². The van der Waals surface area contributed by atoms with Gasteiger partial charge in [-0.05, 0) is 30.5 Å². The van der Waals surface area contributed by atoms with Gasteiger partial charge in [-0.3, -0.25) is 4.79 Å². The maximum atomic E-state index is 12.7. The number of benzene rings is 2. The van der Waals surface area contributed by atoms with Crippen molar-refractivity contribution >= 4 is 27.3 Å². The predicted octanol–water partition coefficient (Wildman–Crippen LogP) is 4.14. The van der Waals surface area contributed by atoms with Gasteiger partial charge < -0.3 is 0 Å². The van der Waals surface area contributed by atoms with Crippen LogP contribution in [0.15, 0.2) is 54.6 Å². The third-order valence-corrected chi connectivity index (χ3v) is 5.30. The zero-order valence-corrected chi connectivity index (χ0v) is 12.4. The van der Waals surface area contributed by atoms with Crippen LogP contribution in [0.1, 0.15) is 23.4 Å². The zero-order chi connectivity index (χ0) is 14.3. The molecule has 1 aliphatic rings. The van der Waals surface area contributed by atoms with Crippen LogP contribution in [0.4, 0.5) is 0 Å². The molecular weight excluding hydrogens is 278 g/mol. The van der Waals surface area contributed by atoms with Gasteiger partial charge >= 0.3 is 0 Å². The van der Waals surface area contributed by atoms with Crippen molar-refractivity contribution in [1.82, 2.24) is 4.98 Å². The highest BCUT2D eigenvalue weighted by molar-refractivity contribution is 7.18. The lowest BCUT2D eigenvalue weighted by molar-refractivity contribution is -0.120. The number of fused-ring (bicyclic) bond motifs is 1. The predicted molar refractivity (Wildman–Crippen MR) is 85.7 cm³/mol. The van der Waals surface area contributed by atoms with E-state index in [0.29, 0.717) is 12.2 Å². The van der Waals surface area contributed by atoms with Crippen LogP contribution >= 0.6 is 11.3 Å². The molecule has 1 heterocycles. The summed E-state index contributed by atoms with van der Waals surface area (Å²) in [5.41, 5.74) is 1.92. The Balaban J connectivity index is 1.61. The molecule has 0 radical (unpaired) electrons. The van der Waals surface area contributed by atoms with Gasteiger partial charge in [0.2, 0.25) is 0 Å². The SMILES string of the molecule is O=C(Cc1nc2ccccc2s1)C1(c2ccccc2)CC1. The molecule has 1 fully saturated rings. The number of nitrogens with zero attached hydrogens (tertiary/aromatic N) is 1. The van der Waals surface area contributed by atoms with E-state index < -0.39 is 0 Å². The van der Waals surface area contributed by atoms with Crippen LogP contribution < -0.4 is 0 Å². The summed E-state index contributed by atoms with van der Waals surface area (Å²) in [6.07, 6.45) is 2.40. The Morgan fingerprint density at radius 3 is 2.48 bits per heavy atom. The molecule has 1 aliphatic carbocycles. The van der Waals surface area contributed by atoms with Crippen LogP contribution in [0.3, 0.4) is 0 Å². The van der Waals surface area contributed by atoms with Crippen LogP contribution in [0, 0.1) is 0 Å². The van der Waals surface area contributed by atoms with E-state index in [4.69, 9.17) is 0 Å². The minimum absolute atomic E-state index is 0.237. The molecule has 0 aliphatic heterocycles. The largest absolute Gasteiger partial charge is 0.298 e. The Kier molecular flexibility index (Phi) is 2.89. The molecule has 0 saturated heterocycles. The summed E-state index contributed by atoms with van der Waals surface area (Å²) in [5, 5.41) is 0.934. The number of carbonyl (C=O) groups is 1. The normalized spacial score (nSPS) is 16.0. The fraction of sp³-hybridized carbons (Fsp3) is 0.222. The minimum Gasteiger partial charge on any atom is -0.298 e. The number of rotatable bonds is 4. The van der Waals surface area contributed by atoms with Gasteiger partial charge in [0.15, 0.2) is 0 Å². The van der Waals surface area contributed by atoms with Gasteiger partial charge in [-0.1, -0.05) is 42.5 Å². The van der Waals surface area contributed by atoms with E-state index in [-0.39, 0.29) is 5.41 Å². The third-order valence-electron chi connectivity index (χ3n) is 4.26. The van der Waals surface area contributed by atoms with Crippen molar-refractivity contribution in [2.75, 3.05) is 0 Å². The topological polar surface area (TPSA) is 30.0 Å². The second-order valence-corrected chi connectivity index (χ2v) is 6.74. The number of Topliss-reactive ketones (excluding diaryl/α,β-unsaturated/α-hetero) is 1. The van der Waals surface area contributed by atoms with Gasteiger partial charge in [0.1, 0.15) is 10.8 Å². The number of hydrogen-bond acceptors (Lipinski definition) is 3. The Hall–Kier alpha value is -2.00. The monoisotopic (exact) mass is 293 g/mol. The smallest absolute Gasteiger partial charge is 0.150 e. The third kappa shape index (κ3) is 2.18. The van der Waals surface area contributed by atoms with E-state index in [9.17, 15) is 4.79 Å². The van der Waals surface area contributed by atoms with Crippen molar-refractivity contribution in [2.24, 2.45) is 0 Å². The van der Waals surface area contributed by atoms with Gasteiger partial charge in [-0.25, -0.2) is 4.98 Å². The van der Waals surface area contributed by atoms with Gasteiger partial charge in [0, 0.05) is 0 Å². The molecule has 2 nitrogen and oxygen atoms in total. The highest BCUT2D eigenvalue weighted by atomic mass is 32.1. The fourth-order valence-corrected chi connectivity index (χ4v) is 3.88. The number of para-hydroxylation sites is 1. The van der Waals surface area contributed by atoms with Crippen molar-refractivity contribution in [2.45, 2.75) is 24.7 Å². The van der Waals surface area contributed by atoms with Crippen LogP contribution in [-0.2, 0) is 16.6 Å². The Labute approximate surface area is 127 Å². The van der Waals surface area contributed by atoms with E-state index in [2.05, 4.69) is 23.2 Å². The first kappa shape index (κ1) is 12.7. The number of hydrogen-bond donors (Lipinski definition) is 0. The average molecular weight is 293 g/mol. The number of ketones is 1. The van der Waals surface area contributed by atoms with Crippen LogP contribution in [0.2, 0.25) is 0 Å². The van der Waals surface area contributed by atoms with E-state index in [0.717, 1.165) is 33.6 Å². The second-order valence-electron chi connectivity index (χ2n) is 5.62. The van der Waals surface area contributed by atoms with Gasteiger partial charge in [-0.15, -0.1) is 11.3 Å². The Morgan fingerprint density at radius 1 is 1.05 bits per heavy atom. The summed E-state index contributed by atoms with van der Waals surface area (Å²) >= 11 is 1.63. The Bertz CT molecular complexity index is 769. The molecule has 1 aromatic heterocycles. The molecule has 0 amide bonds. The van der Waals surface area contributed by atoms with E-state index in [1.807, 2.05) is 36.4 Å². The molecule has 4 rings (SSSR count). The molecule has 0 bridgehead atoms. The second kappa shape index (κ2) is 4.78. The molecule has 1 saturated carbocycles. The van der Waals surface area contributed by atoms with Crippen molar-refractivity contribution < 1.29 is 4.79 Å². The summed E-state index contributed by atoms with van der Waals surface area (Å²) < 4.78 is 1.16. The summed E-state index contributed by atoms with van der Waals surface area (Å²) in [7, 11) is 0. The molecule has 3 aromatic rings. The highest BCUT2D eigenvalue weighted by Gasteiger charge is 2.50. The summed E-state index contributed by atoms with van der Waals surface area (Å²) in [6.45, 7) is 0. The first-order valence-corrected chi connectivity index (χ1v) is 8.03. The molecule has 3 heteroatoms. The minimum atomic E-state index is -0.237. The maximum Gasteiger partial charge on any atom is 0.150 e. The van der Waals surface area contributed by atoms with E-state index in [1.165, 1.54) is 0 Å². The van der Waals surface area contributed by atoms with Crippen molar-refractivity contribution in [3.05, 3.63) is 65.2 Å². The Morgan fingerprint density at radius 2 is 1.76 bits per heavy atom. The number of carbonyl (C=O) groups excluding carboxylic acids is 1. The summed E-state index contributed by atoms with van der Waals surface area (Å²) in [5.74, 6) is 0.313. The average Bonchev–Trinajstić information content (AvgIpc) is 3.23. The lowest BCUT2D eigenvalue weighted by Gasteiger charge is -2.13. The molecule has 2 aromatic carbocycles. The molecule has 104 valence electrons. The first-order chi connectivity index (χ1) is 10.3. The van der Waals surface area contributed by atoms with E-state index >= 15 is 0 Å². The van der Waals surface area contributed by atoms with E-state index in [1.54, 1.807) is 11.3 Å². The van der Waals surface area contributed by atoms with Crippen LogP contribution in [0.5, 0.6) is 0 Å². The molecule has 0 unspecified atom stereocenters. The molecule has 21 heavy (non-hydrogen) atoms. The van der Waals surface area contributed by atoms with Gasteiger partial charge in [0.25, 0.3) is 0 Å². The standard InChI is InChI=1S/C18H15NOS/c20-16(18(10-11-18)13-6-2-1-3-7-13)12-17-19-14-8-4-5-9-15(14)21-17/h1-9H,10-12H2. The van der Waals surface area contributed by atoms with Crippen LogP contribution in [-0.4, -0.2) is 10.8 Å². The molecule has 0 spiro atoms. The quantitative estimate of drug-likeness (QED) is 0.723. The van der Waals surface area contributed by atoms with Crippen molar-refractivity contribution in [3.63, 3.8) is 0 Å². The number of aromatic nitrogens is 1. The van der Waals surface area contributed by atoms with Gasteiger partial charge in [0.05, 0.1) is 22.1 Å². The van der Waals surface area contributed by atoms with Crippen molar-refractivity contribution in [1.29, 1.82) is 0 Å². The zero-order valence-electron chi connectivity index (χ0n) is 11.6. The summed E-state index contributed by atoms with van der Waals surface area (Å²) in [4.78, 5) is 17.3. The maximum absolute atomic E-state index is 12.7. The molecule has 0 N–H and O–H groups in total. The van der Waals surface area contributed by atoms with Crippen molar-refractivity contribution in [3.8, 4) is 0 Å². The fourth-order valence-electron chi connectivity index (χ4n) is 2.91. The first-order valence-electron chi connectivity index (χ1n) is 7.21.